The fourth-order valence-corrected chi connectivity index (χ4v) is 5.03. The van der Waals surface area contributed by atoms with Crippen molar-refractivity contribution in [3.63, 3.8) is 0 Å². The first-order valence-electron chi connectivity index (χ1n) is 9.54. The number of nitrogens with one attached hydrogen (secondary N) is 1. The van der Waals surface area contributed by atoms with Gasteiger partial charge in [0.1, 0.15) is 5.54 Å². The van der Waals surface area contributed by atoms with Crippen LogP contribution in [0.15, 0.2) is 30.3 Å². The monoisotopic (exact) mass is 363 g/mol. The highest BCUT2D eigenvalue weighted by atomic mass is 35.5. The molecule has 2 heterocycles. The third-order valence-corrected chi connectivity index (χ3v) is 6.46. The Labute approximate surface area is 157 Å². The van der Waals surface area contributed by atoms with Crippen LogP contribution in [-0.2, 0) is 4.79 Å². The Morgan fingerprint density at radius 1 is 1.12 bits per heavy atom. The van der Waals surface area contributed by atoms with Gasteiger partial charge in [0.2, 0.25) is 5.91 Å². The molecule has 1 saturated carbocycles. The molecule has 2 atom stereocenters. The normalized spacial score (nSPS) is 29.3. The molecule has 0 aromatic heterocycles. The maximum atomic E-state index is 12.7. The summed E-state index contributed by atoms with van der Waals surface area (Å²) in [4.78, 5) is 17.7. The van der Waals surface area contributed by atoms with Crippen molar-refractivity contribution in [1.82, 2.24) is 10.2 Å². The number of hydrogen-bond acceptors (Lipinski definition) is 3. The number of likely N-dealkylation sites (tertiary alicyclic amines) is 1. The Balaban J connectivity index is 0.00000182. The molecule has 1 N–H and O–H groups in total. The van der Waals surface area contributed by atoms with Crippen molar-refractivity contribution in [2.75, 3.05) is 24.7 Å². The van der Waals surface area contributed by atoms with Crippen molar-refractivity contribution in [3.05, 3.63) is 30.3 Å². The second-order valence-electron chi connectivity index (χ2n) is 7.92. The summed E-state index contributed by atoms with van der Waals surface area (Å²) < 4.78 is 0. The molecule has 3 aliphatic rings. The van der Waals surface area contributed by atoms with E-state index in [9.17, 15) is 4.79 Å². The van der Waals surface area contributed by atoms with Crippen molar-refractivity contribution >= 4 is 24.0 Å². The number of nitrogens with zero attached hydrogens (tertiary/aromatic N) is 2. The summed E-state index contributed by atoms with van der Waals surface area (Å²) in [6.07, 6.45) is 7.31. The van der Waals surface area contributed by atoms with E-state index < -0.39 is 0 Å². The predicted molar refractivity (Wildman–Crippen MR) is 104 cm³/mol. The van der Waals surface area contributed by atoms with E-state index in [0.717, 1.165) is 43.6 Å². The molecular formula is C20H30ClN3O. The number of rotatable bonds is 2. The molecule has 2 unspecified atom stereocenters. The summed E-state index contributed by atoms with van der Waals surface area (Å²) >= 11 is 0. The summed E-state index contributed by atoms with van der Waals surface area (Å²) in [5.41, 5.74) is 0.827. The standard InChI is InChI=1S/C20H29N3O.ClH/c1-16-6-5-9-18(14-16)22-12-10-20(11-13-22)19(24)21-15-23(20)17-7-3-2-4-8-17;/h2-4,7-8,16,18H,5-6,9-15H2,1H3,(H,21,24);1H. The van der Waals surface area contributed by atoms with Crippen LogP contribution < -0.4 is 10.2 Å². The highest BCUT2D eigenvalue weighted by Crippen LogP contribution is 2.38. The third-order valence-electron chi connectivity index (χ3n) is 6.46. The minimum Gasteiger partial charge on any atom is -0.339 e. The number of anilines is 1. The molecule has 0 bridgehead atoms. The molecule has 1 spiro atoms. The Bertz CT molecular complexity index is 586. The van der Waals surface area contributed by atoms with Crippen molar-refractivity contribution in [2.24, 2.45) is 5.92 Å². The number of halogens is 1. The zero-order chi connectivity index (χ0) is 16.6. The van der Waals surface area contributed by atoms with Crippen LogP contribution in [0.4, 0.5) is 5.69 Å². The molecule has 2 saturated heterocycles. The summed E-state index contributed by atoms with van der Waals surface area (Å²) in [5.74, 6) is 1.08. The molecule has 5 heteroatoms. The maximum absolute atomic E-state index is 12.7. The molecule has 1 aliphatic carbocycles. The Hall–Kier alpha value is -1.26. The predicted octanol–water partition coefficient (Wildman–Crippen LogP) is 3.42. The number of carbonyl (C=O) groups excluding carboxylic acids is 1. The van der Waals surface area contributed by atoms with E-state index in [2.05, 4.69) is 46.3 Å². The second-order valence-corrected chi connectivity index (χ2v) is 7.92. The summed E-state index contributed by atoms with van der Waals surface area (Å²) in [6.45, 7) is 5.13. The molecule has 1 aromatic carbocycles. The molecule has 0 radical (unpaired) electrons. The van der Waals surface area contributed by atoms with Crippen molar-refractivity contribution < 1.29 is 4.79 Å². The lowest BCUT2D eigenvalue weighted by Crippen LogP contribution is -2.58. The van der Waals surface area contributed by atoms with E-state index in [1.807, 2.05) is 6.07 Å². The lowest BCUT2D eigenvalue weighted by Gasteiger charge is -2.46. The average Bonchev–Trinajstić information content (AvgIpc) is 2.93. The SMILES string of the molecule is CC1CCCC(N2CCC3(CC2)C(=O)NCN3c2ccccc2)C1.Cl. The van der Waals surface area contributed by atoms with E-state index in [-0.39, 0.29) is 23.9 Å². The van der Waals surface area contributed by atoms with E-state index in [0.29, 0.717) is 6.67 Å². The van der Waals surface area contributed by atoms with Crippen LogP contribution in [0.2, 0.25) is 0 Å². The molecule has 1 amide bonds. The number of carbonyl (C=O) groups is 1. The van der Waals surface area contributed by atoms with E-state index in [1.54, 1.807) is 0 Å². The first-order valence-corrected chi connectivity index (χ1v) is 9.54. The van der Waals surface area contributed by atoms with Crippen LogP contribution in [0.25, 0.3) is 0 Å². The second kappa shape index (κ2) is 7.55. The number of hydrogen-bond donors (Lipinski definition) is 1. The summed E-state index contributed by atoms with van der Waals surface area (Å²) in [5, 5.41) is 3.10. The van der Waals surface area contributed by atoms with Gasteiger partial charge >= 0.3 is 0 Å². The van der Waals surface area contributed by atoms with Gasteiger partial charge < -0.3 is 15.1 Å². The van der Waals surface area contributed by atoms with Gasteiger partial charge in [-0.1, -0.05) is 38.0 Å². The number of benzene rings is 1. The van der Waals surface area contributed by atoms with E-state index in [4.69, 9.17) is 0 Å². The van der Waals surface area contributed by atoms with Gasteiger partial charge in [-0.3, -0.25) is 4.79 Å². The molecule has 4 nitrogen and oxygen atoms in total. The van der Waals surface area contributed by atoms with Crippen LogP contribution in [0.5, 0.6) is 0 Å². The molecule has 1 aromatic rings. The van der Waals surface area contributed by atoms with Crippen LogP contribution in [0, 0.1) is 5.92 Å². The largest absolute Gasteiger partial charge is 0.339 e. The van der Waals surface area contributed by atoms with Gasteiger partial charge in [-0.25, -0.2) is 0 Å². The Kier molecular flexibility index (Phi) is 5.59. The maximum Gasteiger partial charge on any atom is 0.247 e. The minimum absolute atomic E-state index is 0. The average molecular weight is 364 g/mol. The molecular weight excluding hydrogens is 334 g/mol. The lowest BCUT2D eigenvalue weighted by molar-refractivity contribution is -0.125. The van der Waals surface area contributed by atoms with Crippen molar-refractivity contribution in [1.29, 1.82) is 0 Å². The van der Waals surface area contributed by atoms with Crippen LogP contribution in [0.1, 0.15) is 45.4 Å². The highest BCUT2D eigenvalue weighted by Gasteiger charge is 2.50. The van der Waals surface area contributed by atoms with Gasteiger partial charge in [-0.2, -0.15) is 0 Å². The smallest absolute Gasteiger partial charge is 0.247 e. The molecule has 4 rings (SSSR count). The summed E-state index contributed by atoms with van der Waals surface area (Å²) in [7, 11) is 0. The van der Waals surface area contributed by atoms with Gasteiger partial charge in [-0.15, -0.1) is 12.4 Å². The fraction of sp³-hybridized carbons (Fsp3) is 0.650. The van der Waals surface area contributed by atoms with Gasteiger partial charge in [0.05, 0.1) is 6.67 Å². The topological polar surface area (TPSA) is 35.6 Å². The highest BCUT2D eigenvalue weighted by molar-refractivity contribution is 5.93. The summed E-state index contributed by atoms with van der Waals surface area (Å²) in [6, 6.07) is 11.1. The fourth-order valence-electron chi connectivity index (χ4n) is 5.03. The van der Waals surface area contributed by atoms with Gasteiger partial charge in [0.25, 0.3) is 0 Å². The van der Waals surface area contributed by atoms with Crippen LogP contribution in [0.3, 0.4) is 0 Å². The number of piperidine rings is 1. The van der Waals surface area contributed by atoms with Crippen LogP contribution in [-0.4, -0.2) is 42.1 Å². The van der Waals surface area contributed by atoms with Gasteiger partial charge in [0, 0.05) is 24.8 Å². The number of para-hydroxylation sites is 1. The van der Waals surface area contributed by atoms with Gasteiger partial charge in [0.15, 0.2) is 0 Å². The minimum atomic E-state index is -0.335. The van der Waals surface area contributed by atoms with E-state index >= 15 is 0 Å². The lowest BCUT2D eigenvalue weighted by atomic mass is 9.81. The van der Waals surface area contributed by atoms with E-state index in [1.165, 1.54) is 25.7 Å². The zero-order valence-corrected chi connectivity index (χ0v) is 15.9. The zero-order valence-electron chi connectivity index (χ0n) is 15.1. The quantitative estimate of drug-likeness (QED) is 0.874. The van der Waals surface area contributed by atoms with Crippen LogP contribution >= 0.6 is 12.4 Å². The first-order chi connectivity index (χ1) is 11.7. The molecule has 2 aliphatic heterocycles. The Morgan fingerprint density at radius 3 is 2.52 bits per heavy atom. The van der Waals surface area contributed by atoms with Crippen molar-refractivity contribution in [3.8, 4) is 0 Å². The molecule has 3 fully saturated rings. The molecule has 25 heavy (non-hydrogen) atoms. The Morgan fingerprint density at radius 2 is 1.84 bits per heavy atom. The first kappa shape index (κ1) is 18.5. The third kappa shape index (κ3) is 3.39. The van der Waals surface area contributed by atoms with Crippen molar-refractivity contribution in [2.45, 2.75) is 57.0 Å². The number of amides is 1. The molecule has 138 valence electrons. The van der Waals surface area contributed by atoms with Gasteiger partial charge in [-0.05, 0) is 43.7 Å².